The molecule has 1 unspecified atom stereocenters. The van der Waals surface area contributed by atoms with Crippen molar-refractivity contribution >= 4 is 15.9 Å². The monoisotopic (exact) mass is 576 g/mol. The number of sulfone groups is 1. The van der Waals surface area contributed by atoms with Crippen molar-refractivity contribution in [3.05, 3.63) is 83.7 Å². The number of hydrogen-bond donors (Lipinski definition) is 0. The number of ether oxygens (including phenoxy) is 2. The minimum atomic E-state index is -3.41. The number of amides is 1. The van der Waals surface area contributed by atoms with Crippen LogP contribution in [0, 0.1) is 0 Å². The van der Waals surface area contributed by atoms with E-state index in [4.69, 9.17) is 9.47 Å². The van der Waals surface area contributed by atoms with Crippen molar-refractivity contribution in [3.63, 3.8) is 0 Å². The summed E-state index contributed by atoms with van der Waals surface area (Å²) in [5, 5.41) is -0.614. The van der Waals surface area contributed by atoms with Gasteiger partial charge in [-0.25, -0.2) is 13.2 Å². The fourth-order valence-electron chi connectivity index (χ4n) is 5.82. The van der Waals surface area contributed by atoms with Crippen LogP contribution in [0.1, 0.15) is 75.4 Å². The fraction of sp³-hybridized carbons (Fsp3) is 0.455. The highest BCUT2D eigenvalue weighted by atomic mass is 32.2. The summed E-state index contributed by atoms with van der Waals surface area (Å²) in [6.45, 7) is 8.80. The fourth-order valence-corrected chi connectivity index (χ4v) is 7.69. The molecule has 1 saturated heterocycles. The van der Waals surface area contributed by atoms with Crippen molar-refractivity contribution in [1.29, 1.82) is 0 Å². The molecule has 5 rings (SSSR count). The highest BCUT2D eigenvalue weighted by Gasteiger charge is 2.41. The van der Waals surface area contributed by atoms with E-state index in [1.54, 1.807) is 23.2 Å². The number of aromatic nitrogens is 1. The quantitative estimate of drug-likeness (QED) is 0.317. The average Bonchev–Trinajstić information content (AvgIpc) is 2.93. The molecule has 2 aromatic carbocycles. The number of likely N-dealkylation sites (tertiary alicyclic amines) is 1. The Morgan fingerprint density at radius 2 is 1.73 bits per heavy atom. The molecule has 3 heterocycles. The molecule has 0 radical (unpaired) electrons. The number of carbonyl (C=O) groups excluding carboxylic acids is 1. The molecule has 7 nitrogen and oxygen atoms in total. The third kappa shape index (κ3) is 6.75. The number of benzene rings is 2. The van der Waals surface area contributed by atoms with E-state index < -0.39 is 20.7 Å². The molecule has 0 N–H and O–H groups in total. The van der Waals surface area contributed by atoms with Crippen LogP contribution >= 0.6 is 0 Å². The zero-order valence-corrected chi connectivity index (χ0v) is 25.2. The van der Waals surface area contributed by atoms with Gasteiger partial charge in [-0.15, -0.1) is 0 Å². The predicted octanol–water partition coefficient (Wildman–Crippen LogP) is 6.91. The van der Waals surface area contributed by atoms with E-state index in [-0.39, 0.29) is 17.4 Å². The lowest BCUT2D eigenvalue weighted by Gasteiger charge is -2.44. The van der Waals surface area contributed by atoms with Crippen molar-refractivity contribution in [1.82, 2.24) is 9.88 Å². The van der Waals surface area contributed by atoms with Crippen LogP contribution in [-0.2, 0) is 26.7 Å². The Morgan fingerprint density at radius 1 is 1.02 bits per heavy atom. The summed E-state index contributed by atoms with van der Waals surface area (Å²) in [6.07, 6.45) is 5.28. The Morgan fingerprint density at radius 3 is 2.37 bits per heavy atom. The number of carbonyl (C=O) groups is 1. The first-order valence-corrected chi connectivity index (χ1v) is 16.2. The van der Waals surface area contributed by atoms with Crippen LogP contribution in [0.5, 0.6) is 5.75 Å². The van der Waals surface area contributed by atoms with E-state index in [1.807, 2.05) is 64.1 Å². The molecule has 1 spiro atoms. The lowest BCUT2D eigenvalue weighted by Crippen LogP contribution is -2.52. The van der Waals surface area contributed by atoms with Gasteiger partial charge in [0.25, 0.3) is 0 Å². The van der Waals surface area contributed by atoms with Crippen molar-refractivity contribution in [3.8, 4) is 16.9 Å². The molecular weight excluding hydrogens is 536 g/mol. The lowest BCUT2D eigenvalue weighted by molar-refractivity contribution is -0.0272. The SMILES string of the molecule is CCC(c1ccccn1)S(=O)(=O)Cc1ccc(-c2ccc3c(c2)CCC2(CCN(C(=O)OC(C)(C)C)CC2)O3)cc1. The zero-order valence-electron chi connectivity index (χ0n) is 24.4. The maximum atomic E-state index is 13.2. The van der Waals surface area contributed by atoms with Crippen LogP contribution in [-0.4, -0.2) is 48.7 Å². The molecule has 1 atom stereocenters. The number of hydrogen-bond acceptors (Lipinski definition) is 6. The number of fused-ring (bicyclic) bond motifs is 1. The van der Waals surface area contributed by atoms with Crippen LogP contribution in [0.4, 0.5) is 4.79 Å². The predicted molar refractivity (Wildman–Crippen MR) is 160 cm³/mol. The molecule has 218 valence electrons. The summed E-state index contributed by atoms with van der Waals surface area (Å²) in [7, 11) is -3.41. The van der Waals surface area contributed by atoms with Gasteiger partial charge in [-0.05, 0) is 86.6 Å². The van der Waals surface area contributed by atoms with Gasteiger partial charge in [0.2, 0.25) is 0 Å². The van der Waals surface area contributed by atoms with Gasteiger partial charge in [-0.1, -0.05) is 43.3 Å². The molecule has 8 heteroatoms. The number of rotatable bonds is 6. The van der Waals surface area contributed by atoms with Crippen molar-refractivity contribution in [2.75, 3.05) is 13.1 Å². The molecule has 1 fully saturated rings. The Balaban J connectivity index is 1.23. The highest BCUT2D eigenvalue weighted by Crippen LogP contribution is 2.41. The minimum absolute atomic E-state index is 0.0200. The highest BCUT2D eigenvalue weighted by molar-refractivity contribution is 7.90. The summed E-state index contributed by atoms with van der Waals surface area (Å²) >= 11 is 0. The molecule has 0 aliphatic carbocycles. The van der Waals surface area contributed by atoms with Crippen molar-refractivity contribution in [2.24, 2.45) is 0 Å². The number of pyridine rings is 1. The molecule has 41 heavy (non-hydrogen) atoms. The van der Waals surface area contributed by atoms with Gasteiger partial charge in [0.15, 0.2) is 9.84 Å². The minimum Gasteiger partial charge on any atom is -0.487 e. The van der Waals surface area contributed by atoms with Crippen LogP contribution in [0.25, 0.3) is 11.1 Å². The van der Waals surface area contributed by atoms with Gasteiger partial charge >= 0.3 is 6.09 Å². The maximum Gasteiger partial charge on any atom is 0.410 e. The van der Waals surface area contributed by atoms with Gasteiger partial charge in [0.1, 0.15) is 22.2 Å². The first-order valence-electron chi connectivity index (χ1n) is 14.5. The van der Waals surface area contributed by atoms with E-state index in [9.17, 15) is 13.2 Å². The van der Waals surface area contributed by atoms with Crippen LogP contribution in [0.3, 0.4) is 0 Å². The molecule has 2 aliphatic heterocycles. The number of nitrogens with zero attached hydrogens (tertiary/aromatic N) is 2. The van der Waals surface area contributed by atoms with E-state index in [0.29, 0.717) is 25.2 Å². The first-order chi connectivity index (χ1) is 19.5. The van der Waals surface area contributed by atoms with Crippen molar-refractivity contribution < 1.29 is 22.7 Å². The Bertz CT molecular complexity index is 1470. The topological polar surface area (TPSA) is 85.8 Å². The Labute approximate surface area is 243 Å². The summed E-state index contributed by atoms with van der Waals surface area (Å²) in [4.78, 5) is 18.6. The first kappa shape index (κ1) is 29.1. The van der Waals surface area contributed by atoms with Gasteiger partial charge in [0.05, 0.1) is 11.4 Å². The Hall–Kier alpha value is -3.39. The second-order valence-electron chi connectivity index (χ2n) is 12.2. The second kappa shape index (κ2) is 11.5. The number of aryl methyl sites for hydroxylation is 1. The molecule has 0 saturated carbocycles. The third-order valence-electron chi connectivity index (χ3n) is 8.04. The summed E-state index contributed by atoms with van der Waals surface area (Å²) in [5.41, 5.74) is 3.92. The molecule has 2 aliphatic rings. The van der Waals surface area contributed by atoms with Gasteiger partial charge in [-0.3, -0.25) is 4.98 Å². The van der Waals surface area contributed by atoms with E-state index >= 15 is 0 Å². The smallest absolute Gasteiger partial charge is 0.410 e. The van der Waals surface area contributed by atoms with Gasteiger partial charge in [-0.2, -0.15) is 0 Å². The molecule has 3 aromatic rings. The second-order valence-corrected chi connectivity index (χ2v) is 14.4. The summed E-state index contributed by atoms with van der Waals surface area (Å²) < 4.78 is 38.5. The zero-order chi connectivity index (χ0) is 29.3. The van der Waals surface area contributed by atoms with E-state index in [0.717, 1.165) is 48.1 Å². The molecule has 1 aromatic heterocycles. The van der Waals surface area contributed by atoms with Gasteiger partial charge < -0.3 is 14.4 Å². The molecular formula is C33H40N2O5S. The van der Waals surface area contributed by atoms with Crippen LogP contribution in [0.2, 0.25) is 0 Å². The standard InChI is InChI=1S/C33H40N2O5S/c1-5-30(28-8-6-7-19-34-28)41(37,38)23-24-9-11-25(12-10-24)26-13-14-29-27(22-26)15-16-33(39-29)17-20-35(21-18-33)31(36)40-32(2,3)4/h6-14,19,22,30H,5,15-18,20-21,23H2,1-4H3. The van der Waals surface area contributed by atoms with Crippen LogP contribution < -0.4 is 4.74 Å². The lowest BCUT2D eigenvalue weighted by atomic mass is 9.82. The van der Waals surface area contributed by atoms with E-state index in [2.05, 4.69) is 17.1 Å². The average molecular weight is 577 g/mol. The Kier molecular flexibility index (Phi) is 8.15. The van der Waals surface area contributed by atoms with Crippen molar-refractivity contribution in [2.45, 2.75) is 82.0 Å². The van der Waals surface area contributed by atoms with Gasteiger partial charge in [0, 0.05) is 32.1 Å². The normalized spacial score (nSPS) is 17.4. The molecule has 1 amide bonds. The largest absolute Gasteiger partial charge is 0.487 e. The maximum absolute atomic E-state index is 13.2. The van der Waals surface area contributed by atoms with E-state index in [1.165, 1.54) is 5.56 Å². The molecule has 0 bridgehead atoms. The summed E-state index contributed by atoms with van der Waals surface area (Å²) in [6, 6.07) is 19.5. The summed E-state index contributed by atoms with van der Waals surface area (Å²) in [5.74, 6) is 0.891. The van der Waals surface area contributed by atoms with Crippen LogP contribution in [0.15, 0.2) is 66.9 Å². The third-order valence-corrected chi connectivity index (χ3v) is 10.2. The number of piperidine rings is 1.